The van der Waals surface area contributed by atoms with Crippen molar-refractivity contribution in [3.63, 3.8) is 0 Å². The predicted octanol–water partition coefficient (Wildman–Crippen LogP) is 11.0. The molecule has 0 radical (unpaired) electrons. The molecular weight excluding hydrogens is 529 g/mol. The Labute approximate surface area is 246 Å². The first-order valence-corrected chi connectivity index (χ1v) is 15.0. The van der Waals surface area contributed by atoms with Gasteiger partial charge in [-0.25, -0.2) is 4.98 Å². The number of para-hydroxylation sites is 1. The van der Waals surface area contributed by atoms with Crippen LogP contribution < -0.4 is 0 Å². The summed E-state index contributed by atoms with van der Waals surface area (Å²) in [4.78, 5) is 5.02. The van der Waals surface area contributed by atoms with Gasteiger partial charge in [-0.2, -0.15) is 0 Å². The van der Waals surface area contributed by atoms with Gasteiger partial charge >= 0.3 is 0 Å². The van der Waals surface area contributed by atoms with E-state index in [1.165, 1.54) is 63.9 Å². The fourth-order valence-electron chi connectivity index (χ4n) is 6.52. The minimum absolute atomic E-state index is 0.923. The van der Waals surface area contributed by atoms with Crippen LogP contribution >= 0.6 is 11.3 Å². The van der Waals surface area contributed by atoms with Crippen LogP contribution in [0.1, 0.15) is 0 Å². The maximum atomic E-state index is 5.02. The normalized spacial score (nSPS) is 11.8. The van der Waals surface area contributed by atoms with E-state index in [2.05, 4.69) is 144 Å². The van der Waals surface area contributed by atoms with Crippen LogP contribution in [0.3, 0.4) is 0 Å². The van der Waals surface area contributed by atoms with Crippen molar-refractivity contribution >= 4 is 64.1 Å². The first-order valence-electron chi connectivity index (χ1n) is 14.2. The molecule has 6 aromatic carbocycles. The molecule has 0 amide bonds. The zero-order valence-electron chi connectivity index (χ0n) is 22.7. The molecule has 0 fully saturated rings. The van der Waals surface area contributed by atoms with Crippen LogP contribution in [-0.2, 0) is 0 Å². The fourth-order valence-corrected chi connectivity index (χ4v) is 7.75. The second kappa shape index (κ2) is 9.13. The van der Waals surface area contributed by atoms with Crippen molar-refractivity contribution in [1.82, 2.24) is 9.55 Å². The molecule has 0 aliphatic carbocycles. The van der Waals surface area contributed by atoms with Gasteiger partial charge < -0.3 is 0 Å². The molecule has 0 spiro atoms. The van der Waals surface area contributed by atoms with Crippen LogP contribution in [0, 0.1) is 0 Å². The molecule has 0 unspecified atom stereocenters. The van der Waals surface area contributed by atoms with Gasteiger partial charge in [0.2, 0.25) is 0 Å². The highest BCUT2D eigenvalue weighted by Crippen LogP contribution is 2.41. The summed E-state index contributed by atoms with van der Waals surface area (Å²) < 4.78 is 4.96. The van der Waals surface area contributed by atoms with Gasteiger partial charge in [-0.05, 0) is 63.9 Å². The highest BCUT2D eigenvalue weighted by Gasteiger charge is 2.16. The van der Waals surface area contributed by atoms with Crippen molar-refractivity contribution in [3.8, 4) is 28.1 Å². The lowest BCUT2D eigenvalue weighted by molar-refractivity contribution is 1.08. The lowest BCUT2D eigenvalue weighted by atomic mass is 9.98. The summed E-state index contributed by atoms with van der Waals surface area (Å²) in [5.74, 6) is 0.923. The van der Waals surface area contributed by atoms with E-state index in [0.29, 0.717) is 0 Å². The van der Waals surface area contributed by atoms with Gasteiger partial charge in [-0.1, -0.05) is 103 Å². The van der Waals surface area contributed by atoms with Crippen LogP contribution in [0.5, 0.6) is 0 Å². The minimum atomic E-state index is 0.923. The lowest BCUT2D eigenvalue weighted by Gasteiger charge is -2.10. The number of rotatable bonds is 3. The number of benzene rings is 6. The van der Waals surface area contributed by atoms with Crippen LogP contribution in [0.15, 0.2) is 146 Å². The Morgan fingerprint density at radius 3 is 2.17 bits per heavy atom. The fraction of sp³-hybridized carbons (Fsp3) is 0. The second-order valence-corrected chi connectivity index (χ2v) is 11.9. The summed E-state index contributed by atoms with van der Waals surface area (Å²) >= 11 is 1.87. The smallest absolute Gasteiger partial charge is 0.137 e. The topological polar surface area (TPSA) is 17.8 Å². The Morgan fingerprint density at radius 1 is 0.500 bits per heavy atom. The average Bonchev–Trinajstić information content (AvgIpc) is 3.61. The number of hydrogen-bond donors (Lipinski definition) is 0. The Morgan fingerprint density at radius 2 is 1.26 bits per heavy atom. The summed E-state index contributed by atoms with van der Waals surface area (Å²) in [6, 6.07) is 50.2. The van der Waals surface area contributed by atoms with Crippen LogP contribution in [0.2, 0.25) is 0 Å². The van der Waals surface area contributed by atoms with E-state index in [-0.39, 0.29) is 0 Å². The van der Waals surface area contributed by atoms with Gasteiger partial charge in [-0.3, -0.25) is 4.57 Å². The van der Waals surface area contributed by atoms with E-state index in [4.69, 9.17) is 4.98 Å². The number of hydrogen-bond acceptors (Lipinski definition) is 2. The summed E-state index contributed by atoms with van der Waals surface area (Å²) in [7, 11) is 0. The largest absolute Gasteiger partial charge is 0.294 e. The number of fused-ring (bicyclic) bond motifs is 8. The maximum Gasteiger partial charge on any atom is 0.137 e. The Hall–Kier alpha value is -5.25. The molecule has 0 saturated carbocycles. The SMILES string of the molecule is c1cc(-c2ccc(-n3c4ccccc4c4c5ccccc5ccc43)nc2)cc(-c2cccc3c2sc2ccccc23)c1. The van der Waals surface area contributed by atoms with E-state index in [9.17, 15) is 0 Å². The molecule has 0 bridgehead atoms. The van der Waals surface area contributed by atoms with Gasteiger partial charge in [0.1, 0.15) is 5.82 Å². The molecule has 9 rings (SSSR count). The average molecular weight is 553 g/mol. The molecule has 3 heterocycles. The Balaban J connectivity index is 1.16. The molecule has 0 aliphatic heterocycles. The van der Waals surface area contributed by atoms with Crippen LogP contribution in [-0.4, -0.2) is 9.55 Å². The zero-order chi connectivity index (χ0) is 27.6. The highest BCUT2D eigenvalue weighted by atomic mass is 32.1. The molecule has 42 heavy (non-hydrogen) atoms. The molecule has 0 saturated heterocycles. The molecular formula is C39H24N2S. The third-order valence-electron chi connectivity index (χ3n) is 8.45. The molecule has 3 heteroatoms. The first-order chi connectivity index (χ1) is 20.8. The van der Waals surface area contributed by atoms with Crippen molar-refractivity contribution in [3.05, 3.63) is 146 Å². The number of thiophene rings is 1. The summed E-state index contributed by atoms with van der Waals surface area (Å²) in [5.41, 5.74) is 7.12. The third kappa shape index (κ3) is 3.47. The number of aromatic nitrogens is 2. The lowest BCUT2D eigenvalue weighted by Crippen LogP contribution is -1.97. The van der Waals surface area contributed by atoms with Crippen molar-refractivity contribution < 1.29 is 0 Å². The van der Waals surface area contributed by atoms with Gasteiger partial charge in [-0.15, -0.1) is 11.3 Å². The molecule has 2 nitrogen and oxygen atoms in total. The van der Waals surface area contributed by atoms with Crippen molar-refractivity contribution in [1.29, 1.82) is 0 Å². The standard InChI is InChI=1S/C39H24N2S/c1-2-12-29-25(9-1)19-21-35-38(29)33-14-3-5-17-34(33)41(35)37-22-20-28(24-40-37)26-10-7-11-27(23-26)30-15-8-16-32-31-13-4-6-18-36(31)42-39(30)32/h1-24H. The summed E-state index contributed by atoms with van der Waals surface area (Å²) in [6.45, 7) is 0. The third-order valence-corrected chi connectivity index (χ3v) is 9.67. The summed E-state index contributed by atoms with van der Waals surface area (Å²) in [5, 5.41) is 7.70. The van der Waals surface area contributed by atoms with Crippen molar-refractivity contribution in [2.24, 2.45) is 0 Å². The zero-order valence-corrected chi connectivity index (χ0v) is 23.5. The monoisotopic (exact) mass is 552 g/mol. The van der Waals surface area contributed by atoms with E-state index < -0.39 is 0 Å². The predicted molar refractivity (Wildman–Crippen MR) is 180 cm³/mol. The maximum absolute atomic E-state index is 5.02. The van der Waals surface area contributed by atoms with E-state index >= 15 is 0 Å². The van der Waals surface area contributed by atoms with Gasteiger partial charge in [0.05, 0.1) is 11.0 Å². The van der Waals surface area contributed by atoms with Crippen molar-refractivity contribution in [2.75, 3.05) is 0 Å². The first kappa shape index (κ1) is 23.5. The Bertz CT molecular complexity index is 2460. The van der Waals surface area contributed by atoms with Crippen LogP contribution in [0.25, 0.3) is 80.8 Å². The molecule has 0 atom stereocenters. The van der Waals surface area contributed by atoms with E-state index in [1.807, 2.05) is 17.5 Å². The van der Waals surface area contributed by atoms with Gasteiger partial charge in [0.15, 0.2) is 0 Å². The number of nitrogens with zero attached hydrogens (tertiary/aromatic N) is 2. The Kier molecular flexibility index (Phi) is 5.10. The van der Waals surface area contributed by atoms with Gasteiger partial charge in [0.25, 0.3) is 0 Å². The van der Waals surface area contributed by atoms with E-state index in [0.717, 1.165) is 16.9 Å². The van der Waals surface area contributed by atoms with Crippen LogP contribution in [0.4, 0.5) is 0 Å². The van der Waals surface area contributed by atoms with Gasteiger partial charge in [0, 0.05) is 42.7 Å². The van der Waals surface area contributed by atoms with E-state index in [1.54, 1.807) is 0 Å². The molecule has 0 aliphatic rings. The number of pyridine rings is 1. The molecule has 196 valence electrons. The molecule has 3 aromatic heterocycles. The second-order valence-electron chi connectivity index (χ2n) is 10.8. The van der Waals surface area contributed by atoms with Crippen molar-refractivity contribution in [2.45, 2.75) is 0 Å². The quantitative estimate of drug-likeness (QED) is 0.213. The minimum Gasteiger partial charge on any atom is -0.294 e. The summed E-state index contributed by atoms with van der Waals surface area (Å²) in [6.07, 6.45) is 2.01. The molecule has 0 N–H and O–H groups in total. The molecule has 9 aromatic rings. The highest BCUT2D eigenvalue weighted by molar-refractivity contribution is 7.26.